The molecule has 1 aromatic heterocycles. The van der Waals surface area contributed by atoms with Crippen molar-refractivity contribution in [2.45, 2.75) is 26.7 Å². The molecule has 0 aliphatic heterocycles. The number of aryl methyl sites for hydroxylation is 1. The Morgan fingerprint density at radius 1 is 0.964 bits per heavy atom. The van der Waals surface area contributed by atoms with Crippen molar-refractivity contribution in [1.29, 1.82) is 0 Å². The Balaban J connectivity index is 1.53. The molecule has 0 spiro atoms. The summed E-state index contributed by atoms with van der Waals surface area (Å²) in [4.78, 5) is 17.0. The van der Waals surface area contributed by atoms with Crippen LogP contribution in [0.25, 0.3) is 22.6 Å². The lowest BCUT2D eigenvalue weighted by atomic mass is 10.0. The average Bonchev–Trinajstić information content (AvgIpc) is 3.12. The van der Waals surface area contributed by atoms with Crippen molar-refractivity contribution in [3.8, 4) is 11.5 Å². The zero-order valence-electron chi connectivity index (χ0n) is 16.2. The number of carbonyl (C=O) groups excluding carboxylic acids is 1. The van der Waals surface area contributed by atoms with E-state index in [9.17, 15) is 4.79 Å². The van der Waals surface area contributed by atoms with Crippen LogP contribution in [0.1, 0.15) is 41.3 Å². The van der Waals surface area contributed by atoms with E-state index in [1.54, 1.807) is 0 Å². The molecule has 0 aliphatic carbocycles. The number of benzene rings is 3. The Labute approximate surface area is 164 Å². The van der Waals surface area contributed by atoms with Gasteiger partial charge in [0.25, 0.3) is 5.91 Å². The van der Waals surface area contributed by atoms with Gasteiger partial charge in [-0.05, 0) is 66.9 Å². The van der Waals surface area contributed by atoms with Crippen molar-refractivity contribution in [2.24, 2.45) is 0 Å². The molecule has 4 rings (SSSR count). The van der Waals surface area contributed by atoms with Crippen LogP contribution in [0, 0.1) is 6.92 Å². The van der Waals surface area contributed by atoms with Crippen LogP contribution in [-0.2, 0) is 0 Å². The van der Waals surface area contributed by atoms with Crippen molar-refractivity contribution in [3.05, 3.63) is 83.4 Å². The highest BCUT2D eigenvalue weighted by molar-refractivity contribution is 6.04. The third-order valence-electron chi connectivity index (χ3n) is 4.78. The maximum absolute atomic E-state index is 12.3. The molecule has 0 saturated heterocycles. The number of nitrogens with zero attached hydrogens (tertiary/aromatic N) is 1. The summed E-state index contributed by atoms with van der Waals surface area (Å²) in [6.45, 7) is 6.31. The number of nitrogens with one attached hydrogen (secondary N) is 1. The molecule has 0 unspecified atom stereocenters. The lowest BCUT2D eigenvalue weighted by Gasteiger charge is -2.06. The highest BCUT2D eigenvalue weighted by atomic mass is 16.3. The van der Waals surface area contributed by atoms with Crippen LogP contribution in [-0.4, -0.2) is 10.9 Å². The van der Waals surface area contributed by atoms with E-state index in [2.05, 4.69) is 36.3 Å². The first-order valence-electron chi connectivity index (χ1n) is 9.38. The first kappa shape index (κ1) is 18.0. The van der Waals surface area contributed by atoms with E-state index in [1.165, 1.54) is 5.56 Å². The molecule has 0 bridgehead atoms. The summed E-state index contributed by atoms with van der Waals surface area (Å²) in [5.41, 5.74) is 6.23. The smallest absolute Gasteiger partial charge is 0.255 e. The minimum Gasteiger partial charge on any atom is -0.436 e. The molecule has 1 amide bonds. The quantitative estimate of drug-likeness (QED) is 0.467. The van der Waals surface area contributed by atoms with Gasteiger partial charge in [-0.3, -0.25) is 4.79 Å². The summed E-state index contributed by atoms with van der Waals surface area (Å²) in [7, 11) is 0. The van der Waals surface area contributed by atoms with Gasteiger partial charge in [-0.15, -0.1) is 0 Å². The highest BCUT2D eigenvalue weighted by Crippen LogP contribution is 2.27. The fourth-order valence-electron chi connectivity index (χ4n) is 3.03. The van der Waals surface area contributed by atoms with Gasteiger partial charge in [0.2, 0.25) is 5.89 Å². The van der Waals surface area contributed by atoms with Gasteiger partial charge in [-0.2, -0.15) is 0 Å². The Bertz CT molecular complexity index is 1120. The fraction of sp³-hybridized carbons (Fsp3) is 0.167. The minimum atomic E-state index is -0.129. The Kier molecular flexibility index (Phi) is 4.70. The van der Waals surface area contributed by atoms with Crippen molar-refractivity contribution in [2.75, 3.05) is 5.32 Å². The summed E-state index contributed by atoms with van der Waals surface area (Å²) < 4.78 is 5.89. The molecule has 0 fully saturated rings. The summed E-state index contributed by atoms with van der Waals surface area (Å²) in [5.74, 6) is 0.893. The number of oxazole rings is 1. The number of amides is 1. The summed E-state index contributed by atoms with van der Waals surface area (Å²) in [6.07, 6.45) is 0. The van der Waals surface area contributed by atoms with Gasteiger partial charge >= 0.3 is 0 Å². The van der Waals surface area contributed by atoms with Gasteiger partial charge in [0.15, 0.2) is 5.58 Å². The van der Waals surface area contributed by atoms with Gasteiger partial charge < -0.3 is 9.73 Å². The molecule has 1 heterocycles. The van der Waals surface area contributed by atoms with E-state index in [0.29, 0.717) is 17.4 Å². The monoisotopic (exact) mass is 370 g/mol. The van der Waals surface area contributed by atoms with Crippen molar-refractivity contribution in [3.63, 3.8) is 0 Å². The third-order valence-corrected chi connectivity index (χ3v) is 4.78. The van der Waals surface area contributed by atoms with Gasteiger partial charge in [0.05, 0.1) is 0 Å². The predicted octanol–water partition coefficient (Wildman–Crippen LogP) is 6.18. The Morgan fingerprint density at radius 3 is 2.36 bits per heavy atom. The molecule has 4 heteroatoms. The maximum atomic E-state index is 12.3. The second-order valence-electron chi connectivity index (χ2n) is 7.30. The van der Waals surface area contributed by atoms with Crippen LogP contribution in [0.3, 0.4) is 0 Å². The molecule has 1 N–H and O–H groups in total. The van der Waals surface area contributed by atoms with Crippen LogP contribution < -0.4 is 5.32 Å². The van der Waals surface area contributed by atoms with E-state index in [1.807, 2.05) is 61.5 Å². The number of anilines is 1. The zero-order valence-corrected chi connectivity index (χ0v) is 16.2. The van der Waals surface area contributed by atoms with Crippen LogP contribution in [0.15, 0.2) is 71.1 Å². The first-order valence-corrected chi connectivity index (χ1v) is 9.38. The van der Waals surface area contributed by atoms with Gasteiger partial charge in [0.1, 0.15) is 5.52 Å². The third kappa shape index (κ3) is 3.67. The molecule has 0 atom stereocenters. The lowest BCUT2D eigenvalue weighted by molar-refractivity contribution is 0.102. The molecule has 4 aromatic rings. The zero-order chi connectivity index (χ0) is 19.7. The number of aromatic nitrogens is 1. The average molecular weight is 370 g/mol. The number of fused-ring (bicyclic) bond motifs is 1. The Morgan fingerprint density at radius 2 is 1.68 bits per heavy atom. The van der Waals surface area contributed by atoms with E-state index in [4.69, 9.17) is 4.42 Å². The van der Waals surface area contributed by atoms with Crippen LogP contribution >= 0.6 is 0 Å². The number of carbonyl (C=O) groups is 1. The predicted molar refractivity (Wildman–Crippen MR) is 113 cm³/mol. The van der Waals surface area contributed by atoms with Crippen molar-refractivity contribution >= 4 is 22.7 Å². The van der Waals surface area contributed by atoms with E-state index in [0.717, 1.165) is 27.9 Å². The van der Waals surface area contributed by atoms with E-state index in [-0.39, 0.29) is 5.91 Å². The topological polar surface area (TPSA) is 55.1 Å². The first-order chi connectivity index (χ1) is 13.5. The minimum absolute atomic E-state index is 0.129. The molecule has 0 aliphatic rings. The highest BCUT2D eigenvalue weighted by Gasteiger charge is 2.11. The normalized spacial score (nSPS) is 11.1. The lowest BCUT2D eigenvalue weighted by Crippen LogP contribution is -2.11. The van der Waals surface area contributed by atoms with Gasteiger partial charge in [-0.25, -0.2) is 4.98 Å². The molecular weight excluding hydrogens is 348 g/mol. The van der Waals surface area contributed by atoms with Crippen molar-refractivity contribution < 1.29 is 9.21 Å². The second-order valence-corrected chi connectivity index (χ2v) is 7.30. The number of rotatable bonds is 4. The van der Waals surface area contributed by atoms with Gasteiger partial charge in [0, 0.05) is 16.8 Å². The largest absolute Gasteiger partial charge is 0.436 e. The SMILES string of the molecule is Cc1ccc(C(=O)Nc2ccc(-c3nc4cc(C(C)C)ccc4o3)cc2)cc1. The van der Waals surface area contributed by atoms with Crippen LogP contribution in [0.4, 0.5) is 5.69 Å². The van der Waals surface area contributed by atoms with Gasteiger partial charge in [-0.1, -0.05) is 37.6 Å². The molecule has 4 nitrogen and oxygen atoms in total. The number of hydrogen-bond acceptors (Lipinski definition) is 3. The fourth-order valence-corrected chi connectivity index (χ4v) is 3.03. The molecular formula is C24H22N2O2. The maximum Gasteiger partial charge on any atom is 0.255 e. The molecule has 28 heavy (non-hydrogen) atoms. The molecule has 140 valence electrons. The van der Waals surface area contributed by atoms with E-state index >= 15 is 0 Å². The second kappa shape index (κ2) is 7.31. The Hall–Kier alpha value is -3.40. The summed E-state index contributed by atoms with van der Waals surface area (Å²) >= 11 is 0. The van der Waals surface area contributed by atoms with Crippen LogP contribution in [0.2, 0.25) is 0 Å². The summed E-state index contributed by atoms with van der Waals surface area (Å²) in [5, 5.41) is 2.91. The molecule has 3 aromatic carbocycles. The van der Waals surface area contributed by atoms with Crippen molar-refractivity contribution in [1.82, 2.24) is 4.98 Å². The number of hydrogen-bond donors (Lipinski definition) is 1. The van der Waals surface area contributed by atoms with Crippen LogP contribution in [0.5, 0.6) is 0 Å². The molecule has 0 saturated carbocycles. The summed E-state index contributed by atoms with van der Waals surface area (Å²) in [6, 6.07) is 21.1. The standard InChI is InChI=1S/C24H22N2O2/c1-15(2)19-10-13-22-21(14-19)26-24(28-22)18-8-11-20(12-9-18)25-23(27)17-6-4-16(3)5-7-17/h4-15H,1-3H3,(H,25,27). The van der Waals surface area contributed by atoms with E-state index < -0.39 is 0 Å². The molecule has 0 radical (unpaired) electrons.